The minimum Gasteiger partial charge on any atom is -0.325 e. The molecular formula is C14H22N2OS. The summed E-state index contributed by atoms with van der Waals surface area (Å²) in [5.74, 6) is 0.852. The molecule has 1 aromatic heterocycles. The molecule has 3 nitrogen and oxygen atoms in total. The van der Waals surface area contributed by atoms with Crippen LogP contribution in [0.15, 0.2) is 11.4 Å². The molecule has 4 heteroatoms. The van der Waals surface area contributed by atoms with Gasteiger partial charge in [0.2, 0.25) is 5.91 Å². The van der Waals surface area contributed by atoms with E-state index in [1.807, 2.05) is 11.4 Å². The van der Waals surface area contributed by atoms with Crippen molar-refractivity contribution in [3.8, 4) is 0 Å². The van der Waals surface area contributed by atoms with Gasteiger partial charge in [-0.1, -0.05) is 19.3 Å². The van der Waals surface area contributed by atoms with Crippen LogP contribution in [-0.4, -0.2) is 12.5 Å². The minimum atomic E-state index is 0.00179. The van der Waals surface area contributed by atoms with Gasteiger partial charge in [-0.15, -0.1) is 11.3 Å². The monoisotopic (exact) mass is 266 g/mol. The molecule has 100 valence electrons. The SMILES string of the molecule is CC(=O)Nc1ccsc1CNCC1CCCCC1. The summed E-state index contributed by atoms with van der Waals surface area (Å²) >= 11 is 1.70. The van der Waals surface area contributed by atoms with Crippen molar-refractivity contribution in [3.05, 3.63) is 16.3 Å². The van der Waals surface area contributed by atoms with E-state index in [-0.39, 0.29) is 5.91 Å². The van der Waals surface area contributed by atoms with Gasteiger partial charge in [0.05, 0.1) is 5.69 Å². The highest BCUT2D eigenvalue weighted by molar-refractivity contribution is 7.10. The number of carbonyl (C=O) groups excluding carboxylic acids is 1. The van der Waals surface area contributed by atoms with Crippen LogP contribution in [-0.2, 0) is 11.3 Å². The number of nitrogens with one attached hydrogen (secondary N) is 2. The van der Waals surface area contributed by atoms with E-state index < -0.39 is 0 Å². The molecule has 0 spiro atoms. The van der Waals surface area contributed by atoms with E-state index in [1.54, 1.807) is 18.3 Å². The zero-order chi connectivity index (χ0) is 12.8. The molecule has 0 bridgehead atoms. The Balaban J connectivity index is 1.75. The number of hydrogen-bond acceptors (Lipinski definition) is 3. The molecule has 1 heterocycles. The first kappa shape index (κ1) is 13.6. The van der Waals surface area contributed by atoms with Crippen LogP contribution in [0.4, 0.5) is 5.69 Å². The molecule has 0 radical (unpaired) electrons. The predicted molar refractivity (Wildman–Crippen MR) is 76.9 cm³/mol. The Morgan fingerprint density at radius 3 is 2.89 bits per heavy atom. The second kappa shape index (κ2) is 6.90. The van der Waals surface area contributed by atoms with Crippen molar-refractivity contribution in [1.82, 2.24) is 5.32 Å². The second-order valence-electron chi connectivity index (χ2n) is 5.07. The fourth-order valence-corrected chi connectivity index (χ4v) is 3.36. The highest BCUT2D eigenvalue weighted by atomic mass is 32.1. The lowest BCUT2D eigenvalue weighted by molar-refractivity contribution is -0.114. The largest absolute Gasteiger partial charge is 0.325 e. The lowest BCUT2D eigenvalue weighted by Crippen LogP contribution is -2.24. The third-order valence-electron chi connectivity index (χ3n) is 3.50. The van der Waals surface area contributed by atoms with Crippen LogP contribution in [0.1, 0.15) is 43.9 Å². The summed E-state index contributed by atoms with van der Waals surface area (Å²) in [6.45, 7) is 3.53. The Labute approximate surface area is 113 Å². The molecule has 0 unspecified atom stereocenters. The van der Waals surface area contributed by atoms with Crippen molar-refractivity contribution in [2.45, 2.75) is 45.6 Å². The normalized spacial score (nSPS) is 16.7. The summed E-state index contributed by atoms with van der Waals surface area (Å²) in [5, 5.41) is 8.43. The molecule has 1 saturated carbocycles. The number of rotatable bonds is 5. The van der Waals surface area contributed by atoms with Crippen molar-refractivity contribution in [2.75, 3.05) is 11.9 Å². The molecule has 1 amide bonds. The minimum absolute atomic E-state index is 0.00179. The smallest absolute Gasteiger partial charge is 0.221 e. The number of thiophene rings is 1. The average molecular weight is 266 g/mol. The Bertz CT molecular complexity index is 383. The van der Waals surface area contributed by atoms with Gasteiger partial charge in [0.1, 0.15) is 0 Å². The van der Waals surface area contributed by atoms with Crippen LogP contribution in [0.3, 0.4) is 0 Å². The van der Waals surface area contributed by atoms with E-state index >= 15 is 0 Å². The first-order valence-corrected chi connectivity index (χ1v) is 7.68. The quantitative estimate of drug-likeness (QED) is 0.858. The summed E-state index contributed by atoms with van der Waals surface area (Å²) in [6, 6.07) is 1.98. The van der Waals surface area contributed by atoms with Gasteiger partial charge in [-0.2, -0.15) is 0 Å². The number of amides is 1. The second-order valence-corrected chi connectivity index (χ2v) is 6.07. The maximum absolute atomic E-state index is 11.1. The number of hydrogen-bond donors (Lipinski definition) is 2. The molecular weight excluding hydrogens is 244 g/mol. The summed E-state index contributed by atoms with van der Waals surface area (Å²) < 4.78 is 0. The molecule has 0 aromatic carbocycles. The summed E-state index contributed by atoms with van der Waals surface area (Å²) in [7, 11) is 0. The fourth-order valence-electron chi connectivity index (χ4n) is 2.56. The average Bonchev–Trinajstić information content (AvgIpc) is 2.77. The zero-order valence-corrected chi connectivity index (χ0v) is 11.8. The lowest BCUT2D eigenvalue weighted by atomic mass is 9.89. The van der Waals surface area contributed by atoms with E-state index in [0.717, 1.165) is 24.7 Å². The van der Waals surface area contributed by atoms with Crippen LogP contribution in [0, 0.1) is 5.92 Å². The molecule has 0 atom stereocenters. The van der Waals surface area contributed by atoms with Crippen LogP contribution in [0.5, 0.6) is 0 Å². The van der Waals surface area contributed by atoms with Gasteiger partial charge in [0, 0.05) is 18.3 Å². The summed E-state index contributed by atoms with van der Waals surface area (Å²) in [4.78, 5) is 12.3. The molecule has 1 aromatic rings. The number of anilines is 1. The summed E-state index contributed by atoms with van der Waals surface area (Å²) in [6.07, 6.45) is 6.94. The van der Waals surface area contributed by atoms with E-state index in [4.69, 9.17) is 0 Å². The molecule has 0 aliphatic heterocycles. The molecule has 1 fully saturated rings. The Hall–Kier alpha value is -0.870. The van der Waals surface area contributed by atoms with Gasteiger partial charge >= 0.3 is 0 Å². The first-order chi connectivity index (χ1) is 8.75. The van der Waals surface area contributed by atoms with Gasteiger partial charge in [0.25, 0.3) is 0 Å². The first-order valence-electron chi connectivity index (χ1n) is 6.80. The van der Waals surface area contributed by atoms with Crippen LogP contribution < -0.4 is 10.6 Å². The third-order valence-corrected chi connectivity index (χ3v) is 4.42. The Morgan fingerprint density at radius 1 is 1.39 bits per heavy atom. The summed E-state index contributed by atoms with van der Waals surface area (Å²) in [5.41, 5.74) is 0.962. The van der Waals surface area contributed by atoms with Crippen LogP contribution in [0.2, 0.25) is 0 Å². The molecule has 18 heavy (non-hydrogen) atoms. The number of carbonyl (C=O) groups is 1. The molecule has 0 saturated heterocycles. The zero-order valence-electron chi connectivity index (χ0n) is 11.0. The van der Waals surface area contributed by atoms with E-state index in [0.29, 0.717) is 0 Å². The van der Waals surface area contributed by atoms with E-state index in [2.05, 4.69) is 10.6 Å². The maximum Gasteiger partial charge on any atom is 0.221 e. The van der Waals surface area contributed by atoms with Crippen molar-refractivity contribution in [2.24, 2.45) is 5.92 Å². The molecule has 1 aliphatic rings. The Kier molecular flexibility index (Phi) is 5.20. The van der Waals surface area contributed by atoms with E-state index in [1.165, 1.54) is 37.0 Å². The molecule has 2 rings (SSSR count). The lowest BCUT2D eigenvalue weighted by Gasteiger charge is -2.21. The van der Waals surface area contributed by atoms with Gasteiger partial charge in [-0.05, 0) is 36.8 Å². The third kappa shape index (κ3) is 4.10. The topological polar surface area (TPSA) is 41.1 Å². The molecule has 2 N–H and O–H groups in total. The van der Waals surface area contributed by atoms with Crippen molar-refractivity contribution >= 4 is 22.9 Å². The fraction of sp³-hybridized carbons (Fsp3) is 0.643. The van der Waals surface area contributed by atoms with E-state index in [9.17, 15) is 4.79 Å². The standard InChI is InChI=1S/C14H22N2OS/c1-11(17)16-13-7-8-18-14(13)10-15-9-12-5-3-2-4-6-12/h7-8,12,15H,2-6,9-10H2,1H3,(H,16,17). The van der Waals surface area contributed by atoms with Crippen molar-refractivity contribution in [1.29, 1.82) is 0 Å². The van der Waals surface area contributed by atoms with Gasteiger partial charge < -0.3 is 10.6 Å². The van der Waals surface area contributed by atoms with Gasteiger partial charge in [0.15, 0.2) is 0 Å². The van der Waals surface area contributed by atoms with Crippen molar-refractivity contribution < 1.29 is 4.79 Å². The molecule has 1 aliphatic carbocycles. The van der Waals surface area contributed by atoms with Crippen LogP contribution in [0.25, 0.3) is 0 Å². The van der Waals surface area contributed by atoms with Gasteiger partial charge in [-0.25, -0.2) is 0 Å². The Morgan fingerprint density at radius 2 is 2.17 bits per heavy atom. The predicted octanol–water partition coefficient (Wildman–Crippen LogP) is 3.38. The maximum atomic E-state index is 11.1. The van der Waals surface area contributed by atoms with Gasteiger partial charge in [-0.3, -0.25) is 4.79 Å². The highest BCUT2D eigenvalue weighted by Gasteiger charge is 2.13. The highest BCUT2D eigenvalue weighted by Crippen LogP contribution is 2.24. The van der Waals surface area contributed by atoms with Crippen LogP contribution >= 0.6 is 11.3 Å². The van der Waals surface area contributed by atoms with Crippen molar-refractivity contribution in [3.63, 3.8) is 0 Å².